The molecule has 0 saturated carbocycles. The summed E-state index contributed by atoms with van der Waals surface area (Å²) in [6.07, 6.45) is 0. The summed E-state index contributed by atoms with van der Waals surface area (Å²) < 4.78 is 41.8. The van der Waals surface area contributed by atoms with Crippen molar-refractivity contribution in [3.63, 3.8) is 0 Å². The van der Waals surface area contributed by atoms with Crippen LogP contribution in [0.1, 0.15) is 27.7 Å². The van der Waals surface area contributed by atoms with Crippen molar-refractivity contribution in [3.8, 4) is 39.1 Å². The Labute approximate surface area is 459 Å². The molecule has 14 aromatic rings. The van der Waals surface area contributed by atoms with E-state index < -0.39 is 5.41 Å². The zero-order valence-electron chi connectivity index (χ0n) is 46.3. The van der Waals surface area contributed by atoms with E-state index in [4.69, 9.17) is 0 Å². The van der Waals surface area contributed by atoms with Crippen molar-refractivity contribution in [2.24, 2.45) is 0 Å². The van der Waals surface area contributed by atoms with Gasteiger partial charge in [0.2, 0.25) is 0 Å². The van der Waals surface area contributed by atoms with Crippen LogP contribution in [0.4, 0.5) is 34.1 Å². The third kappa shape index (κ3) is 6.65. The second-order valence-electron chi connectivity index (χ2n) is 20.5. The average Bonchev–Trinajstić information content (AvgIpc) is 2.31. The molecule has 1 heterocycles. The van der Waals surface area contributed by atoms with Gasteiger partial charge in [-0.3, -0.25) is 0 Å². The number of hydrogen-bond donors (Lipinski definition) is 0. The molecule has 1 aromatic heterocycles. The molecular weight excluding hydrogens is 943 g/mol. The number of anilines is 6. The lowest BCUT2D eigenvalue weighted by Gasteiger charge is -2.32. The fraction of sp³-hybridized carbons (Fsp3) is 0.0133. The van der Waals surface area contributed by atoms with E-state index in [-0.39, 0.29) is 35.4 Å². The first kappa shape index (κ1) is 40.1. The van der Waals surface area contributed by atoms with Crippen molar-refractivity contribution in [2.45, 2.75) is 5.41 Å². The van der Waals surface area contributed by atoms with Crippen LogP contribution in [-0.2, 0) is 5.41 Å². The van der Waals surface area contributed by atoms with E-state index in [0.717, 1.165) is 77.8 Å². The zero-order valence-corrected chi connectivity index (χ0v) is 42.3. The maximum atomic E-state index is 9.92. The summed E-state index contributed by atoms with van der Waals surface area (Å²) in [5.74, 6) is 0. The molecule has 0 amide bonds. The highest BCUT2D eigenvalue weighted by Gasteiger charge is 2.51. The van der Waals surface area contributed by atoms with Gasteiger partial charge >= 0.3 is 0 Å². The van der Waals surface area contributed by atoms with Crippen LogP contribution in [0.15, 0.2) is 297 Å². The zero-order chi connectivity index (χ0) is 54.8. The van der Waals surface area contributed by atoms with Crippen molar-refractivity contribution >= 4 is 77.5 Å². The predicted octanol–water partition coefficient (Wildman–Crippen LogP) is 20.0. The van der Waals surface area contributed by atoms with Gasteiger partial charge in [-0.05, 0) is 180 Å². The van der Waals surface area contributed by atoms with E-state index >= 15 is 0 Å². The van der Waals surface area contributed by atoms with Gasteiger partial charge in [-0.25, -0.2) is 0 Å². The van der Waals surface area contributed by atoms with Crippen molar-refractivity contribution in [3.05, 3.63) is 319 Å². The Kier molecular flexibility index (Phi) is 8.97. The van der Waals surface area contributed by atoms with Gasteiger partial charge in [0.1, 0.15) is 0 Å². The molecule has 0 radical (unpaired) electrons. The molecule has 0 unspecified atom stereocenters. The first-order valence-corrected chi connectivity index (χ1v) is 26.7. The molecule has 0 atom stereocenters. The molecule has 0 bridgehead atoms. The molecule has 0 N–H and O–H groups in total. The smallest absolute Gasteiger partial charge is 0.0726 e. The summed E-state index contributed by atoms with van der Waals surface area (Å²) in [6, 6.07) is 95.3. The van der Waals surface area contributed by atoms with Crippen LogP contribution in [0.2, 0.25) is 0 Å². The van der Waals surface area contributed by atoms with E-state index in [0.29, 0.717) is 5.56 Å². The van der Waals surface area contributed by atoms with Gasteiger partial charge in [0.25, 0.3) is 0 Å². The molecule has 0 saturated heterocycles. The minimum absolute atomic E-state index is 0.108. The van der Waals surface area contributed by atoms with Gasteiger partial charge in [-0.1, -0.05) is 194 Å². The summed E-state index contributed by atoms with van der Waals surface area (Å²) >= 11 is 0. The lowest BCUT2D eigenvalue weighted by atomic mass is 9.70. The first-order chi connectivity index (χ1) is 40.3. The molecule has 78 heavy (non-hydrogen) atoms. The largest absolute Gasteiger partial charge is 0.310 e. The fourth-order valence-electron chi connectivity index (χ4n) is 13.0. The van der Waals surface area contributed by atoms with Crippen LogP contribution in [0, 0.1) is 0 Å². The van der Waals surface area contributed by atoms with Crippen LogP contribution < -0.4 is 9.80 Å². The molecular formula is C75H49N3. The van der Waals surface area contributed by atoms with Gasteiger partial charge in [-0.15, -0.1) is 0 Å². The second kappa shape index (κ2) is 17.4. The van der Waals surface area contributed by atoms with Crippen molar-refractivity contribution in [1.29, 1.82) is 0 Å². The van der Waals surface area contributed by atoms with Crippen molar-refractivity contribution < 1.29 is 5.48 Å². The lowest BCUT2D eigenvalue weighted by Crippen LogP contribution is -2.26. The van der Waals surface area contributed by atoms with Gasteiger partial charge in [0.15, 0.2) is 0 Å². The molecule has 364 valence electrons. The number of hydrogen-bond acceptors (Lipinski definition) is 2. The number of fused-ring (bicyclic) bond motifs is 15. The topological polar surface area (TPSA) is 11.4 Å². The van der Waals surface area contributed by atoms with E-state index in [1.54, 1.807) is 0 Å². The lowest BCUT2D eigenvalue weighted by molar-refractivity contribution is 0.793. The van der Waals surface area contributed by atoms with E-state index in [1.165, 1.54) is 44.2 Å². The highest BCUT2D eigenvalue weighted by Crippen LogP contribution is 2.63. The quantitative estimate of drug-likeness (QED) is 0.150. The monoisotopic (exact) mass is 995 g/mol. The summed E-state index contributed by atoms with van der Waals surface area (Å²) in [5.41, 5.74) is 17.8. The molecule has 16 rings (SSSR count). The van der Waals surface area contributed by atoms with Crippen LogP contribution in [0.3, 0.4) is 0 Å². The molecule has 0 fully saturated rings. The summed E-state index contributed by atoms with van der Waals surface area (Å²) in [7, 11) is 0. The van der Waals surface area contributed by atoms with Crippen LogP contribution >= 0.6 is 0 Å². The van der Waals surface area contributed by atoms with E-state index in [1.807, 2.05) is 53.4 Å². The SMILES string of the molecule is [2H]c1c([2H])c(N(c2ccccc2)c2ccc3c(c2)C2(c4ccccc4-c4ccccc42)c2ccccc2-3)c([2H])c([2H])c1-c1ccc2cc(N(c3ccc4ccccc4c3)c3ccc4c(c3)c3ccccc3n4-c3ccccc3)ccc2c1. The Morgan fingerprint density at radius 2 is 0.756 bits per heavy atom. The first-order valence-electron chi connectivity index (χ1n) is 28.7. The Morgan fingerprint density at radius 1 is 0.282 bits per heavy atom. The second-order valence-corrected chi connectivity index (χ2v) is 20.5. The summed E-state index contributed by atoms with van der Waals surface area (Å²) in [6.45, 7) is 0. The van der Waals surface area contributed by atoms with Gasteiger partial charge < -0.3 is 14.4 Å². The summed E-state index contributed by atoms with van der Waals surface area (Å²) in [4.78, 5) is 4.23. The van der Waals surface area contributed by atoms with Crippen LogP contribution in [0.5, 0.6) is 0 Å². The minimum Gasteiger partial charge on any atom is -0.310 e. The van der Waals surface area contributed by atoms with Crippen molar-refractivity contribution in [1.82, 2.24) is 4.57 Å². The van der Waals surface area contributed by atoms with Crippen molar-refractivity contribution in [2.75, 3.05) is 9.80 Å². The van der Waals surface area contributed by atoms with Gasteiger partial charge in [0.05, 0.1) is 21.9 Å². The number of aromatic nitrogens is 1. The maximum Gasteiger partial charge on any atom is 0.0726 e. The third-order valence-corrected chi connectivity index (χ3v) is 16.4. The molecule has 13 aromatic carbocycles. The molecule has 3 heteroatoms. The van der Waals surface area contributed by atoms with Gasteiger partial charge in [0, 0.05) is 50.6 Å². The summed E-state index contributed by atoms with van der Waals surface area (Å²) in [5, 5.41) is 6.52. The Hall–Kier alpha value is -10.2. The molecule has 3 nitrogen and oxygen atoms in total. The Bertz CT molecular complexity index is 4860. The predicted molar refractivity (Wildman–Crippen MR) is 327 cm³/mol. The molecule has 0 aliphatic heterocycles. The Balaban J connectivity index is 0.815. The highest BCUT2D eigenvalue weighted by atomic mass is 15.1. The number of rotatable bonds is 8. The number of para-hydroxylation sites is 3. The Morgan fingerprint density at radius 3 is 1.46 bits per heavy atom. The third-order valence-electron chi connectivity index (χ3n) is 16.4. The van der Waals surface area contributed by atoms with Crippen LogP contribution in [0.25, 0.3) is 82.4 Å². The standard InChI is InChI=1S/C75H49N3/c1-3-19-56(20-4-1)76(62-41-43-66-65-25-11-15-29-71(65)75(72(66)49-62)69-27-13-9-23-63(69)64-24-10-14-28-70(64)75)58-37-33-51(34-38-58)53-31-32-55-47-60(40-36-54(55)45-53)77(59-39-35-50-17-7-8-18-52(50)46-59)61-42-44-74-68(48-61)67-26-12-16-30-73(67)78(74)57-21-5-2-6-22-57/h1-49H/i33D,34D,37D,38D. The van der Waals surface area contributed by atoms with E-state index in [9.17, 15) is 5.48 Å². The molecule has 2 aliphatic carbocycles. The normalized spacial score (nSPS) is 13.4. The minimum atomic E-state index is -0.610. The van der Waals surface area contributed by atoms with Gasteiger partial charge in [-0.2, -0.15) is 0 Å². The average molecular weight is 996 g/mol. The number of benzene rings is 13. The maximum absolute atomic E-state index is 9.92. The molecule has 1 spiro atoms. The van der Waals surface area contributed by atoms with E-state index in [2.05, 4.69) is 234 Å². The van der Waals surface area contributed by atoms with Crippen LogP contribution in [-0.4, -0.2) is 4.57 Å². The fourth-order valence-corrected chi connectivity index (χ4v) is 13.0. The number of nitrogens with zero attached hydrogens (tertiary/aromatic N) is 3. The molecule has 2 aliphatic rings. The highest BCUT2D eigenvalue weighted by molar-refractivity contribution is 6.11.